The van der Waals surface area contributed by atoms with Gasteiger partial charge in [-0.3, -0.25) is 0 Å². The fourth-order valence-electron chi connectivity index (χ4n) is 2.09. The Morgan fingerprint density at radius 1 is 1.27 bits per heavy atom. The molecule has 2 aromatic rings. The first kappa shape index (κ1) is 16.7. The molecule has 0 radical (unpaired) electrons. The van der Waals surface area contributed by atoms with E-state index in [4.69, 9.17) is 0 Å². The van der Waals surface area contributed by atoms with E-state index in [1.165, 1.54) is 12.5 Å². The van der Waals surface area contributed by atoms with Crippen molar-refractivity contribution in [3.05, 3.63) is 48.4 Å². The number of hydrogen-bond donors (Lipinski definition) is 2. The highest BCUT2D eigenvalue weighted by atomic mass is 32.2. The predicted molar refractivity (Wildman–Crippen MR) is 83.8 cm³/mol. The molecule has 2 N–H and O–H groups in total. The second-order valence-corrected chi connectivity index (χ2v) is 7.01. The summed E-state index contributed by atoms with van der Waals surface area (Å²) in [4.78, 5) is 3.97. The van der Waals surface area contributed by atoms with Crippen LogP contribution in [0.5, 0.6) is 0 Å². The van der Waals surface area contributed by atoms with Gasteiger partial charge in [0.25, 0.3) is 10.0 Å². The lowest BCUT2D eigenvalue weighted by Crippen LogP contribution is -2.29. The zero-order valence-electron chi connectivity index (χ0n) is 12.7. The molecule has 7 heteroatoms. The van der Waals surface area contributed by atoms with Crippen LogP contribution in [0.25, 0.3) is 0 Å². The summed E-state index contributed by atoms with van der Waals surface area (Å²) in [7, 11) is -3.74. The van der Waals surface area contributed by atoms with Gasteiger partial charge in [-0.2, -0.15) is 0 Å². The molecule has 1 atom stereocenters. The van der Waals surface area contributed by atoms with Crippen molar-refractivity contribution in [2.75, 3.05) is 6.61 Å². The number of benzene rings is 1. The Morgan fingerprint density at radius 3 is 2.50 bits per heavy atom. The Morgan fingerprint density at radius 2 is 1.95 bits per heavy atom. The third-order valence-corrected chi connectivity index (χ3v) is 4.72. The van der Waals surface area contributed by atoms with E-state index in [0.717, 1.165) is 5.56 Å². The number of imidazole rings is 1. The molecule has 0 fully saturated rings. The van der Waals surface area contributed by atoms with E-state index in [2.05, 4.69) is 9.71 Å². The molecule has 0 unspecified atom stereocenters. The van der Waals surface area contributed by atoms with Crippen LogP contribution in [-0.2, 0) is 10.0 Å². The van der Waals surface area contributed by atoms with Crippen LogP contribution >= 0.6 is 0 Å². The highest BCUT2D eigenvalue weighted by molar-refractivity contribution is 7.89. The lowest BCUT2D eigenvalue weighted by Gasteiger charge is -2.17. The molecule has 1 aromatic carbocycles. The third-order valence-electron chi connectivity index (χ3n) is 3.37. The number of aromatic nitrogens is 2. The van der Waals surface area contributed by atoms with E-state index in [0.29, 0.717) is 6.42 Å². The molecule has 120 valence electrons. The van der Waals surface area contributed by atoms with Gasteiger partial charge in [-0.25, -0.2) is 18.1 Å². The zero-order chi connectivity index (χ0) is 16.2. The second-order valence-electron chi connectivity index (χ2n) is 5.35. The van der Waals surface area contributed by atoms with Crippen molar-refractivity contribution < 1.29 is 13.5 Å². The number of hydrogen-bond acceptors (Lipinski definition) is 4. The van der Waals surface area contributed by atoms with Gasteiger partial charge < -0.3 is 9.67 Å². The van der Waals surface area contributed by atoms with E-state index in [-0.39, 0.29) is 17.7 Å². The van der Waals surface area contributed by atoms with Crippen molar-refractivity contribution in [3.63, 3.8) is 0 Å². The van der Waals surface area contributed by atoms with Crippen LogP contribution in [0.4, 0.5) is 0 Å². The molecule has 1 heterocycles. The van der Waals surface area contributed by atoms with Crippen LogP contribution in [0, 0.1) is 0 Å². The standard InChI is InChI=1S/C15H21N3O3S/c1-12(2)18-10-15(16-11-18)22(20,21)17-14(8-9-19)13-6-4-3-5-7-13/h3-7,10-12,14,17,19H,8-9H2,1-2H3/t14-/m1/s1. The fraction of sp³-hybridized carbons (Fsp3) is 0.400. The summed E-state index contributed by atoms with van der Waals surface area (Å²) in [6.07, 6.45) is 3.31. The maximum atomic E-state index is 12.5. The van der Waals surface area contributed by atoms with Crippen LogP contribution in [0.1, 0.15) is 37.9 Å². The summed E-state index contributed by atoms with van der Waals surface area (Å²) in [5.74, 6) is 0. The van der Waals surface area contributed by atoms with Crippen LogP contribution in [0.2, 0.25) is 0 Å². The van der Waals surface area contributed by atoms with Gasteiger partial charge >= 0.3 is 0 Å². The van der Waals surface area contributed by atoms with Gasteiger partial charge in [-0.15, -0.1) is 0 Å². The van der Waals surface area contributed by atoms with Gasteiger partial charge in [0.05, 0.1) is 6.33 Å². The lowest BCUT2D eigenvalue weighted by molar-refractivity contribution is 0.272. The van der Waals surface area contributed by atoms with Gasteiger partial charge in [-0.1, -0.05) is 30.3 Å². The van der Waals surface area contributed by atoms with Crippen molar-refractivity contribution in [3.8, 4) is 0 Å². The number of nitrogens with one attached hydrogen (secondary N) is 1. The Balaban J connectivity index is 2.24. The molecule has 6 nitrogen and oxygen atoms in total. The first-order chi connectivity index (χ1) is 10.4. The van der Waals surface area contributed by atoms with E-state index >= 15 is 0 Å². The van der Waals surface area contributed by atoms with Crippen molar-refractivity contribution >= 4 is 10.0 Å². The van der Waals surface area contributed by atoms with Gasteiger partial charge in [0, 0.05) is 24.9 Å². The molecule has 0 aliphatic carbocycles. The van der Waals surface area contributed by atoms with Gasteiger partial charge in [0.15, 0.2) is 5.03 Å². The summed E-state index contributed by atoms with van der Waals surface area (Å²) in [5.41, 5.74) is 0.809. The highest BCUT2D eigenvalue weighted by Crippen LogP contribution is 2.20. The summed E-state index contributed by atoms with van der Waals surface area (Å²) < 4.78 is 29.3. The number of aliphatic hydroxyl groups is 1. The summed E-state index contributed by atoms with van der Waals surface area (Å²) in [6.45, 7) is 3.79. The minimum absolute atomic E-state index is 0.0138. The number of nitrogens with zero attached hydrogens (tertiary/aromatic N) is 2. The average molecular weight is 323 g/mol. The summed E-state index contributed by atoms with van der Waals surface area (Å²) >= 11 is 0. The minimum atomic E-state index is -3.74. The fourth-order valence-corrected chi connectivity index (χ4v) is 3.29. The molecule has 2 rings (SSSR count). The maximum Gasteiger partial charge on any atom is 0.260 e. The van der Waals surface area contributed by atoms with Gasteiger partial charge in [0.2, 0.25) is 0 Å². The Labute approximate surface area is 130 Å². The van der Waals surface area contributed by atoms with Crippen molar-refractivity contribution in [1.82, 2.24) is 14.3 Å². The number of rotatable bonds is 7. The van der Waals surface area contributed by atoms with Crippen LogP contribution < -0.4 is 4.72 Å². The molecule has 0 amide bonds. The topological polar surface area (TPSA) is 84.2 Å². The second kappa shape index (κ2) is 7.04. The molecule has 0 aliphatic heterocycles. The third kappa shape index (κ3) is 3.94. The Kier molecular flexibility index (Phi) is 5.33. The minimum Gasteiger partial charge on any atom is -0.396 e. The molecule has 22 heavy (non-hydrogen) atoms. The SMILES string of the molecule is CC(C)n1cnc(S(=O)(=O)N[C@H](CCO)c2ccccc2)c1. The van der Waals surface area contributed by atoms with Gasteiger partial charge in [-0.05, 0) is 25.8 Å². The lowest BCUT2D eigenvalue weighted by atomic mass is 10.1. The smallest absolute Gasteiger partial charge is 0.260 e. The summed E-state index contributed by atoms with van der Waals surface area (Å²) in [5, 5.41) is 9.17. The van der Waals surface area contributed by atoms with E-state index < -0.39 is 16.1 Å². The molecule has 0 bridgehead atoms. The van der Waals surface area contributed by atoms with Crippen LogP contribution in [-0.4, -0.2) is 29.7 Å². The largest absolute Gasteiger partial charge is 0.396 e. The molecule has 0 spiro atoms. The van der Waals surface area contributed by atoms with Crippen LogP contribution in [0.15, 0.2) is 47.9 Å². The Hall–Kier alpha value is -1.70. The first-order valence-corrected chi connectivity index (χ1v) is 8.64. The first-order valence-electron chi connectivity index (χ1n) is 7.15. The average Bonchev–Trinajstić information content (AvgIpc) is 2.98. The van der Waals surface area contributed by atoms with Crippen molar-refractivity contribution in [2.45, 2.75) is 37.4 Å². The van der Waals surface area contributed by atoms with E-state index in [9.17, 15) is 13.5 Å². The predicted octanol–water partition coefficient (Wildman–Crippen LogP) is 1.87. The zero-order valence-corrected chi connectivity index (χ0v) is 13.5. The highest BCUT2D eigenvalue weighted by Gasteiger charge is 2.23. The number of sulfonamides is 1. The quantitative estimate of drug-likeness (QED) is 0.814. The number of aliphatic hydroxyl groups excluding tert-OH is 1. The molecule has 0 aliphatic rings. The molecular weight excluding hydrogens is 302 g/mol. The van der Waals surface area contributed by atoms with E-state index in [1.807, 2.05) is 44.2 Å². The monoisotopic (exact) mass is 323 g/mol. The van der Waals surface area contributed by atoms with Crippen molar-refractivity contribution in [1.29, 1.82) is 0 Å². The molecule has 1 aromatic heterocycles. The maximum absolute atomic E-state index is 12.5. The normalized spacial score (nSPS) is 13.5. The van der Waals surface area contributed by atoms with Crippen molar-refractivity contribution in [2.24, 2.45) is 0 Å². The van der Waals surface area contributed by atoms with Crippen LogP contribution in [0.3, 0.4) is 0 Å². The summed E-state index contributed by atoms with van der Waals surface area (Å²) in [6, 6.07) is 8.84. The molecule has 0 saturated carbocycles. The molecule has 0 saturated heterocycles. The van der Waals surface area contributed by atoms with E-state index in [1.54, 1.807) is 4.57 Å². The van der Waals surface area contributed by atoms with Gasteiger partial charge in [0.1, 0.15) is 0 Å². The molecular formula is C15H21N3O3S. The Bertz CT molecular complexity index is 696.